The average Bonchev–Trinajstić information content (AvgIpc) is 2.61. The van der Waals surface area contributed by atoms with Gasteiger partial charge in [-0.25, -0.2) is 0 Å². The van der Waals surface area contributed by atoms with Crippen LogP contribution in [-0.4, -0.2) is 28.5 Å². The molecule has 0 fully saturated rings. The Labute approximate surface area is 95.2 Å². The average molecular weight is 229 g/mol. The molecule has 0 aliphatic carbocycles. The molecule has 0 aliphatic heterocycles. The number of rotatable bonds is 7. The van der Waals surface area contributed by atoms with Crippen LogP contribution in [0.2, 0.25) is 0 Å². The second kappa shape index (κ2) is 6.85. The van der Waals surface area contributed by atoms with E-state index in [1.165, 1.54) is 6.42 Å². The van der Waals surface area contributed by atoms with E-state index in [1.54, 1.807) is 11.8 Å². The summed E-state index contributed by atoms with van der Waals surface area (Å²) in [4.78, 5) is 0. The Balaban J connectivity index is 2.10. The Morgan fingerprint density at radius 1 is 1.47 bits per heavy atom. The van der Waals surface area contributed by atoms with Gasteiger partial charge in [0.25, 0.3) is 5.22 Å². The molecule has 1 aromatic heterocycles. The fraction of sp³-hybridized carbons (Fsp3) is 0.800. The first-order valence-corrected chi connectivity index (χ1v) is 6.37. The molecule has 5 heteroatoms. The maximum absolute atomic E-state index is 5.27. The summed E-state index contributed by atoms with van der Waals surface area (Å²) in [5.74, 6) is 1.65. The number of hydrogen-bond donors (Lipinski definition) is 1. The Hall–Kier alpha value is -0.550. The molecule has 0 aliphatic rings. The molecule has 1 heterocycles. The highest BCUT2D eigenvalue weighted by atomic mass is 32.2. The van der Waals surface area contributed by atoms with Crippen LogP contribution in [0.1, 0.15) is 32.6 Å². The van der Waals surface area contributed by atoms with Gasteiger partial charge in [0.05, 0.1) is 0 Å². The normalized spacial score (nSPS) is 13.0. The molecule has 0 saturated carbocycles. The fourth-order valence-corrected chi connectivity index (χ4v) is 2.08. The highest BCUT2D eigenvalue weighted by Gasteiger charge is 2.05. The van der Waals surface area contributed by atoms with Gasteiger partial charge in [-0.05, 0) is 26.3 Å². The molecule has 4 nitrogen and oxygen atoms in total. The van der Waals surface area contributed by atoms with E-state index in [1.807, 2.05) is 6.92 Å². The van der Waals surface area contributed by atoms with Crippen LogP contribution in [0, 0.1) is 6.92 Å². The van der Waals surface area contributed by atoms with E-state index in [-0.39, 0.29) is 0 Å². The third kappa shape index (κ3) is 5.18. The molecule has 1 N–H and O–H groups in total. The van der Waals surface area contributed by atoms with E-state index in [4.69, 9.17) is 4.42 Å². The lowest BCUT2D eigenvalue weighted by molar-refractivity contribution is 0.429. The van der Waals surface area contributed by atoms with Crippen molar-refractivity contribution >= 4 is 11.8 Å². The number of nitrogens with one attached hydrogen (secondary N) is 1. The SMILES string of the molecule is CCCNC(C)CCSc1nnc(C)o1. The lowest BCUT2D eigenvalue weighted by atomic mass is 10.2. The maximum Gasteiger partial charge on any atom is 0.276 e. The van der Waals surface area contributed by atoms with Gasteiger partial charge in [-0.3, -0.25) is 0 Å². The summed E-state index contributed by atoms with van der Waals surface area (Å²) >= 11 is 1.62. The van der Waals surface area contributed by atoms with Crippen molar-refractivity contribution in [2.75, 3.05) is 12.3 Å². The van der Waals surface area contributed by atoms with Gasteiger partial charge in [-0.15, -0.1) is 10.2 Å². The van der Waals surface area contributed by atoms with Gasteiger partial charge < -0.3 is 9.73 Å². The summed E-state index contributed by atoms with van der Waals surface area (Å²) in [7, 11) is 0. The molecule has 0 amide bonds. The summed E-state index contributed by atoms with van der Waals surface area (Å²) in [5.41, 5.74) is 0. The van der Waals surface area contributed by atoms with Crippen molar-refractivity contribution in [2.24, 2.45) is 0 Å². The van der Waals surface area contributed by atoms with Gasteiger partial charge in [0.1, 0.15) is 0 Å². The first-order valence-electron chi connectivity index (χ1n) is 5.38. The van der Waals surface area contributed by atoms with Gasteiger partial charge in [0.15, 0.2) is 0 Å². The van der Waals surface area contributed by atoms with Crippen LogP contribution in [0.25, 0.3) is 0 Å². The lowest BCUT2D eigenvalue weighted by Crippen LogP contribution is -2.27. The minimum atomic E-state index is 0.557. The van der Waals surface area contributed by atoms with E-state index < -0.39 is 0 Å². The molecule has 15 heavy (non-hydrogen) atoms. The molecular weight excluding hydrogens is 210 g/mol. The van der Waals surface area contributed by atoms with Gasteiger partial charge in [0.2, 0.25) is 5.89 Å². The molecule has 1 aromatic rings. The largest absolute Gasteiger partial charge is 0.416 e. The Morgan fingerprint density at radius 3 is 2.87 bits per heavy atom. The zero-order chi connectivity index (χ0) is 11.1. The number of aromatic nitrogens is 2. The van der Waals surface area contributed by atoms with Crippen LogP contribution in [0.5, 0.6) is 0 Å². The van der Waals surface area contributed by atoms with Crippen LogP contribution in [0.15, 0.2) is 9.64 Å². The maximum atomic E-state index is 5.27. The minimum absolute atomic E-state index is 0.557. The quantitative estimate of drug-likeness (QED) is 0.727. The lowest BCUT2D eigenvalue weighted by Gasteiger charge is -2.11. The van der Waals surface area contributed by atoms with Gasteiger partial charge in [-0.1, -0.05) is 18.7 Å². The molecule has 0 saturated heterocycles. The van der Waals surface area contributed by atoms with Crippen LogP contribution >= 0.6 is 11.8 Å². The van der Waals surface area contributed by atoms with E-state index in [0.717, 1.165) is 18.7 Å². The van der Waals surface area contributed by atoms with Crippen LogP contribution < -0.4 is 5.32 Å². The van der Waals surface area contributed by atoms with Crippen molar-refractivity contribution < 1.29 is 4.42 Å². The van der Waals surface area contributed by atoms with Gasteiger partial charge in [0, 0.05) is 18.7 Å². The zero-order valence-corrected chi connectivity index (χ0v) is 10.4. The molecule has 0 spiro atoms. The van der Waals surface area contributed by atoms with Crippen molar-refractivity contribution in [1.82, 2.24) is 15.5 Å². The van der Waals surface area contributed by atoms with Crippen LogP contribution in [0.4, 0.5) is 0 Å². The molecule has 86 valence electrons. The predicted molar refractivity (Wildman–Crippen MR) is 62.1 cm³/mol. The molecule has 1 atom stereocenters. The predicted octanol–water partition coefficient (Wildman–Crippen LogP) is 2.25. The number of nitrogens with zero attached hydrogens (tertiary/aromatic N) is 2. The molecule has 0 bridgehead atoms. The zero-order valence-electron chi connectivity index (χ0n) is 9.62. The third-order valence-electron chi connectivity index (χ3n) is 2.03. The summed E-state index contributed by atoms with van der Waals surface area (Å²) in [6.45, 7) is 7.28. The summed E-state index contributed by atoms with van der Waals surface area (Å²) in [6.07, 6.45) is 2.30. The van der Waals surface area contributed by atoms with Crippen LogP contribution in [0.3, 0.4) is 0 Å². The van der Waals surface area contributed by atoms with E-state index >= 15 is 0 Å². The summed E-state index contributed by atoms with van der Waals surface area (Å²) < 4.78 is 5.27. The second-order valence-electron chi connectivity index (χ2n) is 3.58. The molecule has 1 rings (SSSR count). The highest BCUT2D eigenvalue weighted by molar-refractivity contribution is 7.99. The summed E-state index contributed by atoms with van der Waals surface area (Å²) in [6, 6.07) is 0.557. The van der Waals surface area contributed by atoms with Crippen molar-refractivity contribution in [3.8, 4) is 0 Å². The number of aryl methyl sites for hydroxylation is 1. The van der Waals surface area contributed by atoms with Crippen LogP contribution in [-0.2, 0) is 0 Å². The van der Waals surface area contributed by atoms with E-state index in [9.17, 15) is 0 Å². The monoisotopic (exact) mass is 229 g/mol. The van der Waals surface area contributed by atoms with Crippen molar-refractivity contribution in [3.05, 3.63) is 5.89 Å². The van der Waals surface area contributed by atoms with Gasteiger partial charge >= 0.3 is 0 Å². The topological polar surface area (TPSA) is 51.0 Å². The first-order chi connectivity index (χ1) is 7.22. The molecular formula is C10H19N3OS. The fourth-order valence-electron chi connectivity index (χ4n) is 1.15. The van der Waals surface area contributed by atoms with E-state index in [0.29, 0.717) is 17.2 Å². The Morgan fingerprint density at radius 2 is 2.27 bits per heavy atom. The standard InChI is InChI=1S/C10H19N3OS/c1-4-6-11-8(2)5-7-15-10-13-12-9(3)14-10/h8,11H,4-7H2,1-3H3. The molecule has 1 unspecified atom stereocenters. The van der Waals surface area contributed by atoms with Gasteiger partial charge in [-0.2, -0.15) is 0 Å². The van der Waals surface area contributed by atoms with E-state index in [2.05, 4.69) is 29.4 Å². The Kier molecular flexibility index (Phi) is 5.71. The number of thioether (sulfide) groups is 1. The molecule has 0 radical (unpaired) electrons. The minimum Gasteiger partial charge on any atom is -0.416 e. The van der Waals surface area contributed by atoms with Crippen molar-refractivity contribution in [1.29, 1.82) is 0 Å². The first kappa shape index (κ1) is 12.5. The smallest absolute Gasteiger partial charge is 0.276 e. The number of hydrogen-bond acceptors (Lipinski definition) is 5. The Bertz CT molecular complexity index is 277. The highest BCUT2D eigenvalue weighted by Crippen LogP contribution is 2.16. The second-order valence-corrected chi connectivity index (χ2v) is 4.63. The molecule has 0 aromatic carbocycles. The van der Waals surface area contributed by atoms with Crippen molar-refractivity contribution in [3.63, 3.8) is 0 Å². The third-order valence-corrected chi connectivity index (χ3v) is 2.88. The summed E-state index contributed by atoms with van der Waals surface area (Å²) in [5, 5.41) is 11.8. The van der Waals surface area contributed by atoms with Crippen molar-refractivity contribution in [2.45, 2.75) is 44.9 Å².